The van der Waals surface area contributed by atoms with E-state index in [9.17, 15) is 13.9 Å². The van der Waals surface area contributed by atoms with Crippen LogP contribution in [0.2, 0.25) is 0 Å². The molecule has 78 valence electrons. The summed E-state index contributed by atoms with van der Waals surface area (Å²) in [6.07, 6.45) is -1.31. The Balaban J connectivity index is 3.45. The third-order valence-electron chi connectivity index (χ3n) is 1.83. The first kappa shape index (κ1) is 10.7. The van der Waals surface area contributed by atoms with Crippen LogP contribution in [0.3, 0.4) is 0 Å². The fraction of sp³-hybridized carbons (Fsp3) is 0.333. The lowest BCUT2D eigenvalue weighted by atomic mass is 10.1. The Morgan fingerprint density at radius 3 is 2.43 bits per heavy atom. The number of phenols is 1. The molecule has 5 heteroatoms. The van der Waals surface area contributed by atoms with Gasteiger partial charge in [0.25, 0.3) is 0 Å². The number of aliphatic hydroxyl groups excluding tert-OH is 1. The van der Waals surface area contributed by atoms with Crippen LogP contribution in [0.15, 0.2) is 6.07 Å². The zero-order valence-corrected chi connectivity index (χ0v) is 7.71. The van der Waals surface area contributed by atoms with E-state index in [-0.39, 0.29) is 5.75 Å². The van der Waals surface area contributed by atoms with Crippen LogP contribution in [-0.4, -0.2) is 17.3 Å². The van der Waals surface area contributed by atoms with E-state index in [4.69, 9.17) is 5.11 Å². The molecule has 0 heterocycles. The normalized spacial score (nSPS) is 12.6. The van der Waals surface area contributed by atoms with Crippen LogP contribution in [0.4, 0.5) is 8.78 Å². The summed E-state index contributed by atoms with van der Waals surface area (Å²) in [5.41, 5.74) is -0.498. The average Bonchev–Trinajstić information content (AvgIpc) is 2.11. The Bertz CT molecular complexity index is 350. The van der Waals surface area contributed by atoms with Crippen LogP contribution < -0.4 is 4.74 Å². The monoisotopic (exact) mass is 204 g/mol. The minimum absolute atomic E-state index is 0.209. The molecule has 1 aromatic carbocycles. The zero-order valence-electron chi connectivity index (χ0n) is 7.71. The first-order chi connectivity index (χ1) is 6.49. The molecule has 1 rings (SSSR count). The van der Waals surface area contributed by atoms with E-state index in [0.29, 0.717) is 0 Å². The largest absolute Gasteiger partial charge is 0.504 e. The quantitative estimate of drug-likeness (QED) is 0.771. The van der Waals surface area contributed by atoms with E-state index < -0.39 is 29.1 Å². The van der Waals surface area contributed by atoms with Crippen molar-refractivity contribution in [1.82, 2.24) is 0 Å². The Hall–Kier alpha value is -1.36. The van der Waals surface area contributed by atoms with Gasteiger partial charge in [0.15, 0.2) is 23.1 Å². The van der Waals surface area contributed by atoms with Crippen LogP contribution in [0, 0.1) is 11.6 Å². The van der Waals surface area contributed by atoms with Gasteiger partial charge in [-0.1, -0.05) is 0 Å². The summed E-state index contributed by atoms with van der Waals surface area (Å²) in [7, 11) is 1.21. The van der Waals surface area contributed by atoms with Gasteiger partial charge in [-0.15, -0.1) is 0 Å². The van der Waals surface area contributed by atoms with E-state index in [1.54, 1.807) is 0 Å². The van der Waals surface area contributed by atoms with E-state index in [1.807, 2.05) is 0 Å². The second-order valence-corrected chi connectivity index (χ2v) is 2.81. The van der Waals surface area contributed by atoms with Crippen molar-refractivity contribution in [2.45, 2.75) is 13.0 Å². The topological polar surface area (TPSA) is 49.7 Å². The smallest absolute Gasteiger partial charge is 0.168 e. The molecule has 1 aromatic rings. The zero-order chi connectivity index (χ0) is 10.9. The summed E-state index contributed by atoms with van der Waals surface area (Å²) in [4.78, 5) is 0. The highest BCUT2D eigenvalue weighted by Gasteiger charge is 2.21. The van der Waals surface area contributed by atoms with Crippen molar-refractivity contribution in [3.63, 3.8) is 0 Å². The molecule has 0 amide bonds. The van der Waals surface area contributed by atoms with Gasteiger partial charge in [-0.05, 0) is 6.92 Å². The number of ether oxygens (including phenoxy) is 1. The first-order valence-electron chi connectivity index (χ1n) is 3.92. The van der Waals surface area contributed by atoms with Gasteiger partial charge < -0.3 is 14.9 Å². The van der Waals surface area contributed by atoms with Crippen molar-refractivity contribution in [2.24, 2.45) is 0 Å². The molecule has 0 aliphatic rings. The van der Waals surface area contributed by atoms with Crippen molar-refractivity contribution < 1.29 is 23.7 Å². The third-order valence-corrected chi connectivity index (χ3v) is 1.83. The maximum atomic E-state index is 13.1. The number of rotatable bonds is 2. The van der Waals surface area contributed by atoms with Crippen LogP contribution in [0.1, 0.15) is 18.6 Å². The van der Waals surface area contributed by atoms with E-state index in [0.717, 1.165) is 6.07 Å². The molecule has 0 saturated carbocycles. The molecule has 2 N–H and O–H groups in total. The number of aromatic hydroxyl groups is 1. The summed E-state index contributed by atoms with van der Waals surface area (Å²) in [5, 5.41) is 18.5. The molecule has 0 spiro atoms. The number of phenolic OH excluding ortho intramolecular Hbond substituents is 1. The van der Waals surface area contributed by atoms with Crippen molar-refractivity contribution in [3.05, 3.63) is 23.3 Å². The third kappa shape index (κ3) is 1.63. The second-order valence-electron chi connectivity index (χ2n) is 2.81. The molecular weight excluding hydrogens is 194 g/mol. The molecule has 14 heavy (non-hydrogen) atoms. The van der Waals surface area contributed by atoms with Gasteiger partial charge in [0.1, 0.15) is 0 Å². The highest BCUT2D eigenvalue weighted by molar-refractivity contribution is 5.47. The van der Waals surface area contributed by atoms with Gasteiger partial charge in [-0.2, -0.15) is 0 Å². The Kier molecular flexibility index (Phi) is 2.90. The fourth-order valence-corrected chi connectivity index (χ4v) is 1.15. The lowest BCUT2D eigenvalue weighted by Gasteiger charge is -2.12. The van der Waals surface area contributed by atoms with Gasteiger partial charge in [0.05, 0.1) is 18.8 Å². The van der Waals surface area contributed by atoms with Gasteiger partial charge >= 0.3 is 0 Å². The summed E-state index contributed by atoms with van der Waals surface area (Å²) in [6.45, 7) is 1.22. The van der Waals surface area contributed by atoms with Crippen molar-refractivity contribution >= 4 is 0 Å². The molecule has 0 aliphatic heterocycles. The number of aliphatic hydroxyl groups is 1. The number of benzene rings is 1. The van der Waals surface area contributed by atoms with Gasteiger partial charge in [0.2, 0.25) is 0 Å². The molecule has 0 radical (unpaired) electrons. The van der Waals surface area contributed by atoms with Crippen molar-refractivity contribution in [2.75, 3.05) is 7.11 Å². The summed E-state index contributed by atoms with van der Waals surface area (Å²) < 4.78 is 30.6. The number of methoxy groups -OCH3 is 1. The van der Waals surface area contributed by atoms with Gasteiger partial charge in [0, 0.05) is 6.07 Å². The maximum absolute atomic E-state index is 13.1. The van der Waals surface area contributed by atoms with Crippen LogP contribution in [0.25, 0.3) is 0 Å². The summed E-state index contributed by atoms with van der Waals surface area (Å²) in [5.74, 6) is -3.23. The lowest BCUT2D eigenvalue weighted by molar-refractivity contribution is 0.186. The summed E-state index contributed by atoms with van der Waals surface area (Å²) >= 11 is 0. The predicted molar refractivity (Wildman–Crippen MR) is 45.2 cm³/mol. The standard InChI is InChI=1S/C9H10F2O3/c1-4(12)7-8(11)5(10)3-6(14-2)9(7)13/h3-4,12-13H,1-2H3. The molecule has 0 fully saturated rings. The number of halogens is 2. The fourth-order valence-electron chi connectivity index (χ4n) is 1.15. The molecule has 3 nitrogen and oxygen atoms in total. The van der Waals surface area contributed by atoms with Crippen LogP contribution >= 0.6 is 0 Å². The lowest BCUT2D eigenvalue weighted by Crippen LogP contribution is -2.01. The van der Waals surface area contributed by atoms with Gasteiger partial charge in [-0.25, -0.2) is 8.78 Å². The Labute approximate surface area is 79.6 Å². The van der Waals surface area contributed by atoms with E-state index in [2.05, 4.69) is 4.74 Å². The average molecular weight is 204 g/mol. The highest BCUT2D eigenvalue weighted by Crippen LogP contribution is 2.36. The maximum Gasteiger partial charge on any atom is 0.168 e. The molecule has 1 unspecified atom stereocenters. The molecule has 0 aromatic heterocycles. The van der Waals surface area contributed by atoms with E-state index in [1.165, 1.54) is 14.0 Å². The van der Waals surface area contributed by atoms with Crippen molar-refractivity contribution in [3.8, 4) is 11.5 Å². The minimum Gasteiger partial charge on any atom is -0.504 e. The SMILES string of the molecule is COc1cc(F)c(F)c(C(C)O)c1O. The minimum atomic E-state index is -1.31. The van der Waals surface area contributed by atoms with E-state index >= 15 is 0 Å². The summed E-state index contributed by atoms with van der Waals surface area (Å²) in [6, 6.07) is 0.719. The predicted octanol–water partition coefficient (Wildman–Crippen LogP) is 1.73. The molecular formula is C9H10F2O3. The molecule has 0 bridgehead atoms. The Morgan fingerprint density at radius 1 is 1.43 bits per heavy atom. The second kappa shape index (κ2) is 3.79. The molecule has 0 saturated heterocycles. The number of hydrogen-bond acceptors (Lipinski definition) is 3. The first-order valence-corrected chi connectivity index (χ1v) is 3.92. The highest BCUT2D eigenvalue weighted by atomic mass is 19.2. The van der Waals surface area contributed by atoms with Crippen LogP contribution in [-0.2, 0) is 0 Å². The Morgan fingerprint density at radius 2 is 2.00 bits per heavy atom. The molecule has 0 aliphatic carbocycles. The van der Waals surface area contributed by atoms with Crippen LogP contribution in [0.5, 0.6) is 11.5 Å². The number of hydrogen-bond donors (Lipinski definition) is 2. The van der Waals surface area contributed by atoms with Gasteiger partial charge in [-0.3, -0.25) is 0 Å². The molecule has 1 atom stereocenters. The van der Waals surface area contributed by atoms with Crippen molar-refractivity contribution in [1.29, 1.82) is 0 Å².